The molecule has 2 aliphatic rings. The lowest BCUT2D eigenvalue weighted by atomic mass is 10.1. The minimum absolute atomic E-state index is 0.701. The average molecular weight is 390 g/mol. The van der Waals surface area contributed by atoms with Crippen molar-refractivity contribution in [2.24, 2.45) is 0 Å². The molecule has 3 aromatic rings. The maximum absolute atomic E-state index is 6.05. The van der Waals surface area contributed by atoms with E-state index >= 15 is 0 Å². The minimum Gasteiger partial charge on any atom is -0.492 e. The van der Waals surface area contributed by atoms with Crippen LogP contribution in [0.4, 0.5) is 0 Å². The number of aromatic nitrogens is 2. The van der Waals surface area contributed by atoms with Crippen LogP contribution in [0.2, 0.25) is 0 Å². The smallest absolute Gasteiger partial charge is 0.123 e. The largest absolute Gasteiger partial charge is 0.492 e. The molecule has 0 spiro atoms. The van der Waals surface area contributed by atoms with Crippen molar-refractivity contribution in [1.29, 1.82) is 0 Å². The van der Waals surface area contributed by atoms with Crippen molar-refractivity contribution in [2.45, 2.75) is 19.6 Å². The number of fused-ring (bicyclic) bond motifs is 2. The third-order valence-corrected chi connectivity index (χ3v) is 5.67. The number of para-hydroxylation sites is 1. The Kier molecular flexibility index (Phi) is 5.39. The van der Waals surface area contributed by atoms with E-state index in [0.717, 1.165) is 69.3 Å². The molecule has 2 aromatic carbocycles. The van der Waals surface area contributed by atoms with E-state index in [0.29, 0.717) is 6.61 Å². The summed E-state index contributed by atoms with van der Waals surface area (Å²) in [5.41, 5.74) is 5.75. The first-order chi connectivity index (χ1) is 14.3. The van der Waals surface area contributed by atoms with Crippen molar-refractivity contribution in [1.82, 2.24) is 19.8 Å². The van der Waals surface area contributed by atoms with Crippen LogP contribution in [0.25, 0.3) is 11.0 Å². The maximum atomic E-state index is 6.05. The van der Waals surface area contributed by atoms with Gasteiger partial charge in [0, 0.05) is 57.2 Å². The summed E-state index contributed by atoms with van der Waals surface area (Å²) in [6, 6.07) is 12.9. The standard InChI is InChI=1S/C23H26N4O2/c1-2-19(23-21(3-1)24-6-7-25-23)16-27-10-13-29-22-5-4-18(14-20(22)17-27)15-26-8-11-28-12-9-26/h1-7,14H,8-13,15-17H2. The van der Waals surface area contributed by atoms with Gasteiger partial charge in [0.2, 0.25) is 0 Å². The van der Waals surface area contributed by atoms with Crippen LogP contribution in [-0.4, -0.2) is 59.2 Å². The van der Waals surface area contributed by atoms with Crippen molar-refractivity contribution in [2.75, 3.05) is 39.5 Å². The summed E-state index contributed by atoms with van der Waals surface area (Å²) in [4.78, 5) is 13.9. The Morgan fingerprint density at radius 3 is 2.66 bits per heavy atom. The molecule has 29 heavy (non-hydrogen) atoms. The van der Waals surface area contributed by atoms with Gasteiger partial charge in [-0.1, -0.05) is 18.2 Å². The van der Waals surface area contributed by atoms with Crippen LogP contribution in [0.3, 0.4) is 0 Å². The first-order valence-corrected chi connectivity index (χ1v) is 10.3. The zero-order chi connectivity index (χ0) is 19.5. The van der Waals surface area contributed by atoms with Gasteiger partial charge in [0.05, 0.1) is 24.2 Å². The molecular weight excluding hydrogens is 364 g/mol. The highest BCUT2D eigenvalue weighted by molar-refractivity contribution is 5.77. The van der Waals surface area contributed by atoms with Gasteiger partial charge in [0.1, 0.15) is 12.4 Å². The van der Waals surface area contributed by atoms with Crippen molar-refractivity contribution in [3.8, 4) is 5.75 Å². The summed E-state index contributed by atoms with van der Waals surface area (Å²) in [6.07, 6.45) is 3.52. The Hall–Kier alpha value is -2.54. The Labute approximate surface area is 171 Å². The van der Waals surface area contributed by atoms with Gasteiger partial charge in [-0.25, -0.2) is 0 Å². The topological polar surface area (TPSA) is 50.7 Å². The lowest BCUT2D eigenvalue weighted by Crippen LogP contribution is -2.35. The molecule has 1 fully saturated rings. The minimum atomic E-state index is 0.701. The van der Waals surface area contributed by atoms with Gasteiger partial charge in [0.25, 0.3) is 0 Å². The Morgan fingerprint density at radius 1 is 0.862 bits per heavy atom. The normalized spacial score (nSPS) is 18.2. The van der Waals surface area contributed by atoms with E-state index in [1.54, 1.807) is 12.4 Å². The fourth-order valence-corrected chi connectivity index (χ4v) is 4.17. The summed E-state index contributed by atoms with van der Waals surface area (Å²) in [7, 11) is 0. The molecule has 5 rings (SSSR count). The second-order valence-corrected chi connectivity index (χ2v) is 7.73. The third kappa shape index (κ3) is 4.24. The van der Waals surface area contributed by atoms with Crippen molar-refractivity contribution >= 4 is 11.0 Å². The van der Waals surface area contributed by atoms with Gasteiger partial charge < -0.3 is 9.47 Å². The zero-order valence-electron chi connectivity index (χ0n) is 16.6. The average Bonchev–Trinajstić information content (AvgIpc) is 2.96. The second kappa shape index (κ2) is 8.45. The molecule has 0 radical (unpaired) electrons. The fraction of sp³-hybridized carbons (Fsp3) is 0.391. The Bertz CT molecular complexity index is 982. The number of hydrogen-bond donors (Lipinski definition) is 0. The molecular formula is C23H26N4O2. The number of benzene rings is 2. The second-order valence-electron chi connectivity index (χ2n) is 7.73. The lowest BCUT2D eigenvalue weighted by Gasteiger charge is -2.27. The number of morpholine rings is 1. The Morgan fingerprint density at radius 2 is 1.72 bits per heavy atom. The van der Waals surface area contributed by atoms with Gasteiger partial charge in [-0.3, -0.25) is 19.8 Å². The number of ether oxygens (including phenoxy) is 2. The number of nitrogens with zero attached hydrogens (tertiary/aromatic N) is 4. The molecule has 0 unspecified atom stereocenters. The van der Waals surface area contributed by atoms with E-state index < -0.39 is 0 Å². The van der Waals surface area contributed by atoms with Crippen LogP contribution in [0.5, 0.6) is 5.75 Å². The summed E-state index contributed by atoms with van der Waals surface area (Å²) in [5.74, 6) is 1.01. The van der Waals surface area contributed by atoms with Gasteiger partial charge in [-0.2, -0.15) is 0 Å². The van der Waals surface area contributed by atoms with E-state index in [4.69, 9.17) is 9.47 Å². The van der Waals surface area contributed by atoms with Crippen molar-refractivity contribution in [3.05, 3.63) is 65.5 Å². The van der Waals surface area contributed by atoms with Gasteiger partial charge >= 0.3 is 0 Å². The zero-order valence-corrected chi connectivity index (χ0v) is 16.6. The van der Waals surface area contributed by atoms with E-state index in [-0.39, 0.29) is 0 Å². The fourth-order valence-electron chi connectivity index (χ4n) is 4.17. The molecule has 0 atom stereocenters. The van der Waals surface area contributed by atoms with E-state index in [2.05, 4.69) is 50.1 Å². The number of rotatable bonds is 4. The highest BCUT2D eigenvalue weighted by Crippen LogP contribution is 2.26. The monoisotopic (exact) mass is 390 g/mol. The first kappa shape index (κ1) is 18.5. The van der Waals surface area contributed by atoms with Crippen LogP contribution >= 0.6 is 0 Å². The molecule has 6 heteroatoms. The van der Waals surface area contributed by atoms with E-state index in [1.807, 2.05) is 6.07 Å². The van der Waals surface area contributed by atoms with Crippen molar-refractivity contribution in [3.63, 3.8) is 0 Å². The van der Waals surface area contributed by atoms with Crippen molar-refractivity contribution < 1.29 is 9.47 Å². The lowest BCUT2D eigenvalue weighted by molar-refractivity contribution is 0.0342. The van der Waals surface area contributed by atoms with Gasteiger partial charge in [-0.05, 0) is 29.3 Å². The maximum Gasteiger partial charge on any atom is 0.123 e. The predicted molar refractivity (Wildman–Crippen MR) is 112 cm³/mol. The molecule has 0 aliphatic carbocycles. The van der Waals surface area contributed by atoms with Crippen LogP contribution in [-0.2, 0) is 24.4 Å². The highest BCUT2D eigenvalue weighted by Gasteiger charge is 2.18. The summed E-state index contributed by atoms with van der Waals surface area (Å²) in [5, 5.41) is 0. The quantitative estimate of drug-likeness (QED) is 0.683. The first-order valence-electron chi connectivity index (χ1n) is 10.3. The van der Waals surface area contributed by atoms with Crippen LogP contribution in [0, 0.1) is 0 Å². The predicted octanol–water partition coefficient (Wildman–Crippen LogP) is 2.86. The molecule has 0 N–H and O–H groups in total. The van der Waals surface area contributed by atoms with Crippen LogP contribution < -0.4 is 4.74 Å². The SMILES string of the molecule is c1cc(CN2CCOc3ccc(CN4CCOCC4)cc3C2)c2nccnc2c1. The summed E-state index contributed by atoms with van der Waals surface area (Å²) >= 11 is 0. The molecule has 2 aliphatic heterocycles. The highest BCUT2D eigenvalue weighted by atomic mass is 16.5. The molecule has 150 valence electrons. The third-order valence-electron chi connectivity index (χ3n) is 5.67. The molecule has 0 saturated carbocycles. The van der Waals surface area contributed by atoms with Crippen LogP contribution in [0.15, 0.2) is 48.8 Å². The molecule has 0 amide bonds. The molecule has 3 heterocycles. The summed E-state index contributed by atoms with van der Waals surface area (Å²) < 4.78 is 11.5. The van der Waals surface area contributed by atoms with E-state index in [1.165, 1.54) is 16.7 Å². The van der Waals surface area contributed by atoms with Gasteiger partial charge in [0.15, 0.2) is 0 Å². The number of hydrogen-bond acceptors (Lipinski definition) is 6. The molecule has 1 aromatic heterocycles. The molecule has 0 bridgehead atoms. The van der Waals surface area contributed by atoms with E-state index in [9.17, 15) is 0 Å². The Balaban J connectivity index is 1.34. The van der Waals surface area contributed by atoms with Crippen LogP contribution in [0.1, 0.15) is 16.7 Å². The molecule has 6 nitrogen and oxygen atoms in total. The van der Waals surface area contributed by atoms with Gasteiger partial charge in [-0.15, -0.1) is 0 Å². The molecule has 1 saturated heterocycles. The summed E-state index contributed by atoms with van der Waals surface area (Å²) in [6.45, 7) is 7.94.